The van der Waals surface area contributed by atoms with Crippen molar-refractivity contribution in [2.24, 2.45) is 0 Å². The lowest BCUT2D eigenvalue weighted by atomic mass is 9.86. The number of rotatable bonds is 15. The van der Waals surface area contributed by atoms with Crippen LogP contribution in [0.1, 0.15) is 70.3 Å². The van der Waals surface area contributed by atoms with Gasteiger partial charge in [0.05, 0.1) is 12.5 Å². The van der Waals surface area contributed by atoms with Gasteiger partial charge in [0.25, 0.3) is 0 Å². The zero-order chi connectivity index (χ0) is 26.5. The lowest BCUT2D eigenvalue weighted by Crippen LogP contribution is -2.21. The molecule has 1 unspecified atom stereocenters. The van der Waals surface area contributed by atoms with Crippen molar-refractivity contribution in [2.75, 3.05) is 19.8 Å². The Bertz CT molecular complexity index is 1050. The maximum atomic E-state index is 14.1. The molecule has 0 radical (unpaired) electrons. The second-order valence-electron chi connectivity index (χ2n) is 9.25. The quantitative estimate of drug-likeness (QED) is 0.190. The van der Waals surface area contributed by atoms with Crippen LogP contribution in [0, 0.1) is 0 Å². The second kappa shape index (κ2) is 14.8. The third kappa shape index (κ3) is 8.89. The Morgan fingerprint density at radius 3 is 2.14 bits per heavy atom. The van der Waals surface area contributed by atoms with Crippen molar-refractivity contribution in [3.8, 4) is 28.1 Å². The van der Waals surface area contributed by atoms with Gasteiger partial charge in [-0.25, -0.2) is 4.98 Å². The molecule has 1 atom stereocenters. The van der Waals surface area contributed by atoms with Crippen LogP contribution in [0.2, 0.25) is 0 Å². The van der Waals surface area contributed by atoms with Gasteiger partial charge in [0.1, 0.15) is 0 Å². The fraction of sp³-hybridized carbons (Fsp3) is 0.452. The number of aromatic nitrogens is 1. The topological polar surface area (TPSA) is 31.4 Å². The van der Waals surface area contributed by atoms with Gasteiger partial charge in [0.2, 0.25) is 5.88 Å². The highest BCUT2D eigenvalue weighted by atomic mass is 19.4. The zero-order valence-corrected chi connectivity index (χ0v) is 21.9. The summed E-state index contributed by atoms with van der Waals surface area (Å²) < 4.78 is 53.4. The van der Waals surface area contributed by atoms with Gasteiger partial charge in [0, 0.05) is 31.0 Å². The first kappa shape index (κ1) is 28.7. The minimum absolute atomic E-state index is 0.0727. The van der Waals surface area contributed by atoms with E-state index in [2.05, 4.69) is 11.9 Å². The van der Waals surface area contributed by atoms with E-state index in [1.165, 1.54) is 0 Å². The van der Waals surface area contributed by atoms with Crippen LogP contribution in [0.3, 0.4) is 0 Å². The summed E-state index contributed by atoms with van der Waals surface area (Å²) in [5, 5.41) is 0. The molecule has 2 aromatic carbocycles. The van der Waals surface area contributed by atoms with Crippen molar-refractivity contribution in [1.29, 1.82) is 0 Å². The molecule has 3 rings (SSSR count). The van der Waals surface area contributed by atoms with Crippen LogP contribution < -0.4 is 4.74 Å². The molecule has 200 valence electrons. The Balaban J connectivity index is 1.72. The first-order chi connectivity index (χ1) is 17.9. The van der Waals surface area contributed by atoms with Gasteiger partial charge in [-0.3, -0.25) is 0 Å². The molecular weight excluding hydrogens is 475 g/mol. The van der Waals surface area contributed by atoms with Gasteiger partial charge in [-0.15, -0.1) is 0 Å². The predicted octanol–water partition coefficient (Wildman–Crippen LogP) is 9.23. The van der Waals surface area contributed by atoms with Gasteiger partial charge in [0.15, 0.2) is 0 Å². The molecule has 0 N–H and O–H groups in total. The van der Waals surface area contributed by atoms with Crippen molar-refractivity contribution in [2.45, 2.75) is 70.9 Å². The number of hydrogen-bond acceptors (Lipinski definition) is 3. The van der Waals surface area contributed by atoms with Crippen LogP contribution in [0.15, 0.2) is 66.9 Å². The maximum absolute atomic E-state index is 14.1. The highest BCUT2D eigenvalue weighted by molar-refractivity contribution is 5.72. The summed E-state index contributed by atoms with van der Waals surface area (Å²) in [5.74, 6) is -0.897. The Labute approximate surface area is 219 Å². The zero-order valence-electron chi connectivity index (χ0n) is 21.9. The van der Waals surface area contributed by atoms with Gasteiger partial charge < -0.3 is 9.47 Å². The molecule has 3 aromatic rings. The summed E-state index contributed by atoms with van der Waals surface area (Å²) in [6.07, 6.45) is 2.83. The standard InChI is InChI=1S/C31H38F3NO2/c1-3-5-10-22-37-30-20-19-26(23-35-30)24-15-17-25(18-16-24)27-12-8-9-13-28(27)29(31(32,33)34)14-7-6-11-21-36-4-2/h8-9,12-13,15-20,23,29H,3-7,10-11,14,21-22H2,1-2H3. The Morgan fingerprint density at radius 2 is 1.46 bits per heavy atom. The van der Waals surface area contributed by atoms with Crippen LogP contribution in [0.25, 0.3) is 22.3 Å². The van der Waals surface area contributed by atoms with Crippen LogP contribution in [0.4, 0.5) is 13.2 Å². The summed E-state index contributed by atoms with van der Waals surface area (Å²) in [4.78, 5) is 4.39. The molecule has 0 aliphatic heterocycles. The highest BCUT2D eigenvalue weighted by Gasteiger charge is 2.41. The average Bonchev–Trinajstić information content (AvgIpc) is 2.91. The van der Waals surface area contributed by atoms with Crippen LogP contribution in [0.5, 0.6) is 5.88 Å². The third-order valence-electron chi connectivity index (χ3n) is 6.48. The van der Waals surface area contributed by atoms with Gasteiger partial charge in [-0.05, 0) is 54.5 Å². The lowest BCUT2D eigenvalue weighted by molar-refractivity contribution is -0.152. The molecule has 0 aliphatic rings. The molecule has 0 bridgehead atoms. The molecule has 37 heavy (non-hydrogen) atoms. The molecule has 0 aliphatic carbocycles. The van der Waals surface area contributed by atoms with E-state index < -0.39 is 12.1 Å². The van der Waals surface area contributed by atoms with E-state index in [1.54, 1.807) is 30.5 Å². The van der Waals surface area contributed by atoms with Gasteiger partial charge in [-0.2, -0.15) is 13.2 Å². The molecular formula is C31H38F3NO2. The highest BCUT2D eigenvalue weighted by Crippen LogP contribution is 2.42. The summed E-state index contributed by atoms with van der Waals surface area (Å²) in [6.45, 7) is 5.95. The third-order valence-corrected chi connectivity index (χ3v) is 6.48. The van der Waals surface area contributed by atoms with Crippen LogP contribution in [-0.2, 0) is 4.74 Å². The summed E-state index contributed by atoms with van der Waals surface area (Å²) in [5.41, 5.74) is 3.61. The van der Waals surface area contributed by atoms with Crippen molar-refractivity contribution in [3.05, 3.63) is 72.4 Å². The first-order valence-electron chi connectivity index (χ1n) is 13.4. The Hall–Kier alpha value is -2.86. The van der Waals surface area contributed by atoms with E-state index >= 15 is 0 Å². The number of alkyl halides is 3. The molecule has 1 aromatic heterocycles. The van der Waals surface area contributed by atoms with E-state index in [4.69, 9.17) is 9.47 Å². The maximum Gasteiger partial charge on any atom is 0.395 e. The molecule has 1 heterocycles. The van der Waals surface area contributed by atoms with Crippen molar-refractivity contribution in [1.82, 2.24) is 4.98 Å². The minimum atomic E-state index is -4.30. The van der Waals surface area contributed by atoms with Crippen LogP contribution >= 0.6 is 0 Å². The summed E-state index contributed by atoms with van der Waals surface area (Å²) in [7, 11) is 0. The monoisotopic (exact) mass is 513 g/mol. The van der Waals surface area contributed by atoms with E-state index in [0.717, 1.165) is 48.8 Å². The number of hydrogen-bond donors (Lipinski definition) is 0. The Morgan fingerprint density at radius 1 is 0.757 bits per heavy atom. The van der Waals surface area contributed by atoms with Crippen molar-refractivity contribution >= 4 is 0 Å². The largest absolute Gasteiger partial charge is 0.478 e. The van der Waals surface area contributed by atoms with Crippen molar-refractivity contribution in [3.63, 3.8) is 0 Å². The lowest BCUT2D eigenvalue weighted by Gasteiger charge is -2.23. The molecule has 0 saturated carbocycles. The van der Waals surface area contributed by atoms with Crippen LogP contribution in [-0.4, -0.2) is 31.0 Å². The van der Waals surface area contributed by atoms with Gasteiger partial charge >= 0.3 is 6.18 Å². The van der Waals surface area contributed by atoms with Gasteiger partial charge in [-0.1, -0.05) is 81.1 Å². The minimum Gasteiger partial charge on any atom is -0.478 e. The summed E-state index contributed by atoms with van der Waals surface area (Å²) in [6, 6.07) is 18.3. The fourth-order valence-electron chi connectivity index (χ4n) is 4.44. The van der Waals surface area contributed by atoms with E-state index in [-0.39, 0.29) is 6.42 Å². The van der Waals surface area contributed by atoms with E-state index in [0.29, 0.717) is 43.2 Å². The van der Waals surface area contributed by atoms with E-state index in [9.17, 15) is 13.2 Å². The number of ether oxygens (including phenoxy) is 2. The molecule has 0 saturated heterocycles. The number of halogens is 3. The molecule has 6 heteroatoms. The molecule has 0 fully saturated rings. The number of pyridine rings is 1. The fourth-order valence-corrected chi connectivity index (χ4v) is 4.44. The number of nitrogens with zero attached hydrogens (tertiary/aromatic N) is 1. The number of unbranched alkanes of at least 4 members (excludes halogenated alkanes) is 4. The second-order valence-corrected chi connectivity index (χ2v) is 9.25. The molecule has 3 nitrogen and oxygen atoms in total. The molecule has 0 amide bonds. The predicted molar refractivity (Wildman–Crippen MR) is 144 cm³/mol. The first-order valence-corrected chi connectivity index (χ1v) is 13.4. The SMILES string of the molecule is CCCCCOc1ccc(-c2ccc(-c3ccccc3C(CCCCCOCC)C(F)(F)F)cc2)cn1. The number of benzene rings is 2. The molecule has 0 spiro atoms. The van der Waals surface area contributed by atoms with E-state index in [1.807, 2.05) is 43.3 Å². The normalized spacial score (nSPS) is 12.5. The van der Waals surface area contributed by atoms with Crippen molar-refractivity contribution < 1.29 is 22.6 Å². The Kier molecular flexibility index (Phi) is 11.5. The smallest absolute Gasteiger partial charge is 0.395 e. The average molecular weight is 514 g/mol. The summed E-state index contributed by atoms with van der Waals surface area (Å²) >= 11 is 0.